The summed E-state index contributed by atoms with van der Waals surface area (Å²) < 4.78 is 19.0. The molecule has 1 aliphatic heterocycles. The number of nitrogens with zero attached hydrogens (tertiary/aromatic N) is 2. The molecule has 19 heavy (non-hydrogen) atoms. The zero-order valence-corrected chi connectivity index (χ0v) is 13.2. The molecular weight excluding hydrogens is 306 g/mol. The SMILES string of the molecule is CCOP(=O)(Cl)N1CCN(c2ccccc2Cl)CC1. The van der Waals surface area contributed by atoms with Crippen molar-refractivity contribution >= 4 is 35.4 Å². The topological polar surface area (TPSA) is 32.8 Å². The molecule has 0 radical (unpaired) electrons. The Morgan fingerprint density at radius 1 is 1.26 bits per heavy atom. The van der Waals surface area contributed by atoms with Gasteiger partial charge in [0.1, 0.15) is 0 Å². The quantitative estimate of drug-likeness (QED) is 0.788. The normalized spacial score (nSPS) is 20.3. The summed E-state index contributed by atoms with van der Waals surface area (Å²) in [4.78, 5) is 2.17. The Morgan fingerprint density at radius 2 is 1.89 bits per heavy atom. The molecule has 1 unspecified atom stereocenters. The number of piperazine rings is 1. The fourth-order valence-corrected chi connectivity index (χ4v) is 4.26. The highest BCUT2D eigenvalue weighted by atomic mass is 35.7. The minimum absolute atomic E-state index is 0.353. The van der Waals surface area contributed by atoms with Gasteiger partial charge >= 0.3 is 6.87 Å². The second-order valence-electron chi connectivity index (χ2n) is 4.26. The molecular formula is C12H17Cl2N2O2P. The molecule has 1 aromatic rings. The lowest BCUT2D eigenvalue weighted by Gasteiger charge is -2.37. The Balaban J connectivity index is 2.00. The summed E-state index contributed by atoms with van der Waals surface area (Å²) >= 11 is 12.1. The van der Waals surface area contributed by atoms with E-state index in [1.807, 2.05) is 24.3 Å². The molecule has 1 fully saturated rings. The highest BCUT2D eigenvalue weighted by molar-refractivity contribution is 7.83. The number of anilines is 1. The maximum absolute atomic E-state index is 12.1. The van der Waals surface area contributed by atoms with Crippen molar-refractivity contribution in [2.24, 2.45) is 0 Å². The molecule has 0 bridgehead atoms. The van der Waals surface area contributed by atoms with Crippen LogP contribution in [0.15, 0.2) is 24.3 Å². The Bertz CT molecular complexity index is 479. The van der Waals surface area contributed by atoms with Gasteiger partial charge in [0.05, 0.1) is 17.3 Å². The van der Waals surface area contributed by atoms with Crippen LogP contribution in [-0.2, 0) is 9.09 Å². The van der Waals surface area contributed by atoms with Gasteiger partial charge in [-0.2, -0.15) is 0 Å². The number of rotatable bonds is 4. The Morgan fingerprint density at radius 3 is 2.47 bits per heavy atom. The zero-order chi connectivity index (χ0) is 13.9. The summed E-state index contributed by atoms with van der Waals surface area (Å²) in [5, 5.41) is 0.731. The zero-order valence-electron chi connectivity index (χ0n) is 10.8. The van der Waals surface area contributed by atoms with Crippen LogP contribution in [0.25, 0.3) is 0 Å². The van der Waals surface area contributed by atoms with Crippen LogP contribution in [0.1, 0.15) is 6.92 Å². The molecule has 2 rings (SSSR count). The molecule has 1 aliphatic rings. The first kappa shape index (κ1) is 15.1. The number of hydrogen-bond donors (Lipinski definition) is 0. The summed E-state index contributed by atoms with van der Waals surface area (Å²) in [6.45, 7) is 1.65. The molecule has 0 aliphatic carbocycles. The van der Waals surface area contributed by atoms with Crippen LogP contribution < -0.4 is 4.90 Å². The molecule has 106 valence electrons. The lowest BCUT2D eigenvalue weighted by Crippen LogP contribution is -2.44. The molecule has 1 aromatic carbocycles. The summed E-state index contributed by atoms with van der Waals surface area (Å²) in [5.41, 5.74) is 1.00. The lowest BCUT2D eigenvalue weighted by atomic mass is 10.2. The van der Waals surface area contributed by atoms with Gasteiger partial charge < -0.3 is 9.42 Å². The van der Waals surface area contributed by atoms with E-state index in [-0.39, 0.29) is 0 Å². The fraction of sp³-hybridized carbons (Fsp3) is 0.500. The third-order valence-electron chi connectivity index (χ3n) is 3.08. The maximum atomic E-state index is 12.1. The Kier molecular flexibility index (Phi) is 5.15. The van der Waals surface area contributed by atoms with Gasteiger partial charge in [-0.15, -0.1) is 0 Å². The van der Waals surface area contributed by atoms with Gasteiger partial charge in [0.15, 0.2) is 0 Å². The Labute approximate surface area is 123 Å². The van der Waals surface area contributed by atoms with Gasteiger partial charge in [-0.3, -0.25) is 4.57 Å². The number of para-hydroxylation sites is 1. The largest absolute Gasteiger partial charge is 0.368 e. The van der Waals surface area contributed by atoms with Crippen LogP contribution in [0.5, 0.6) is 0 Å². The van der Waals surface area contributed by atoms with Crippen molar-refractivity contribution in [3.05, 3.63) is 29.3 Å². The van der Waals surface area contributed by atoms with Crippen molar-refractivity contribution < 1.29 is 9.09 Å². The average Bonchev–Trinajstić information content (AvgIpc) is 2.39. The van der Waals surface area contributed by atoms with Crippen LogP contribution in [0, 0.1) is 0 Å². The molecule has 7 heteroatoms. The third-order valence-corrected chi connectivity index (χ3v) is 5.98. The van der Waals surface area contributed by atoms with Crippen molar-refractivity contribution in [3.8, 4) is 0 Å². The second kappa shape index (κ2) is 6.47. The summed E-state index contributed by atoms with van der Waals surface area (Å²) in [6, 6.07) is 7.72. The van der Waals surface area contributed by atoms with E-state index in [2.05, 4.69) is 4.90 Å². The first-order valence-corrected chi connectivity index (χ1v) is 9.10. The van der Waals surface area contributed by atoms with Crippen molar-refractivity contribution in [2.75, 3.05) is 37.7 Å². The van der Waals surface area contributed by atoms with E-state index in [0.29, 0.717) is 19.7 Å². The van der Waals surface area contributed by atoms with Crippen molar-refractivity contribution in [1.29, 1.82) is 0 Å². The van der Waals surface area contributed by atoms with E-state index in [0.717, 1.165) is 23.8 Å². The number of hydrogen-bond acceptors (Lipinski definition) is 3. The summed E-state index contributed by atoms with van der Waals surface area (Å²) in [6.07, 6.45) is 0. The predicted octanol–water partition coefficient (Wildman–Crippen LogP) is 3.85. The minimum atomic E-state index is -3.15. The van der Waals surface area contributed by atoms with Crippen molar-refractivity contribution in [3.63, 3.8) is 0 Å². The smallest absolute Gasteiger partial charge is 0.363 e. The van der Waals surface area contributed by atoms with Crippen molar-refractivity contribution in [2.45, 2.75) is 6.92 Å². The van der Waals surface area contributed by atoms with Gasteiger partial charge in [-0.1, -0.05) is 23.7 Å². The summed E-state index contributed by atoms with van der Waals surface area (Å²) in [7, 11) is 0. The van der Waals surface area contributed by atoms with Gasteiger partial charge in [0.2, 0.25) is 0 Å². The molecule has 1 heterocycles. The van der Waals surface area contributed by atoms with Crippen LogP contribution in [0.4, 0.5) is 5.69 Å². The molecule has 4 nitrogen and oxygen atoms in total. The predicted molar refractivity (Wildman–Crippen MR) is 80.3 cm³/mol. The number of halogens is 2. The fourth-order valence-electron chi connectivity index (χ4n) is 2.12. The first-order valence-electron chi connectivity index (χ1n) is 6.23. The van der Waals surface area contributed by atoms with E-state index in [1.54, 1.807) is 11.6 Å². The van der Waals surface area contributed by atoms with E-state index < -0.39 is 6.87 Å². The minimum Gasteiger partial charge on any atom is -0.368 e. The lowest BCUT2D eigenvalue weighted by molar-refractivity contribution is 0.277. The van der Waals surface area contributed by atoms with Crippen molar-refractivity contribution in [1.82, 2.24) is 4.67 Å². The van der Waals surface area contributed by atoms with Crippen LogP contribution in [0.2, 0.25) is 5.02 Å². The third kappa shape index (κ3) is 3.65. The van der Waals surface area contributed by atoms with Gasteiger partial charge in [-0.05, 0) is 30.3 Å². The van der Waals surface area contributed by atoms with Gasteiger partial charge in [-0.25, -0.2) is 4.67 Å². The molecule has 1 atom stereocenters. The van der Waals surface area contributed by atoms with E-state index in [4.69, 9.17) is 27.4 Å². The van der Waals surface area contributed by atoms with Gasteiger partial charge in [0.25, 0.3) is 0 Å². The summed E-state index contributed by atoms with van der Waals surface area (Å²) in [5.74, 6) is 0. The molecule has 0 spiro atoms. The second-order valence-corrected chi connectivity index (χ2v) is 7.68. The first-order chi connectivity index (χ1) is 9.04. The molecule has 0 aromatic heterocycles. The van der Waals surface area contributed by atoms with Gasteiger partial charge in [0, 0.05) is 26.2 Å². The molecule has 0 N–H and O–H groups in total. The highest BCUT2D eigenvalue weighted by Crippen LogP contribution is 2.56. The molecule has 1 saturated heterocycles. The molecule has 0 amide bonds. The monoisotopic (exact) mass is 322 g/mol. The average molecular weight is 323 g/mol. The van der Waals surface area contributed by atoms with E-state index >= 15 is 0 Å². The molecule has 0 saturated carbocycles. The van der Waals surface area contributed by atoms with E-state index in [1.165, 1.54) is 0 Å². The standard InChI is InChI=1S/C12H17Cl2N2O2P/c1-2-18-19(14,17)16-9-7-15(8-10-16)12-6-4-3-5-11(12)13/h3-6H,2,7-10H2,1H3. The van der Waals surface area contributed by atoms with Crippen LogP contribution in [0.3, 0.4) is 0 Å². The van der Waals surface area contributed by atoms with E-state index in [9.17, 15) is 4.57 Å². The maximum Gasteiger partial charge on any atom is 0.363 e. The highest BCUT2D eigenvalue weighted by Gasteiger charge is 2.32. The number of benzene rings is 1. The van der Waals surface area contributed by atoms with Crippen LogP contribution in [-0.4, -0.2) is 37.5 Å². The van der Waals surface area contributed by atoms with Crippen LogP contribution >= 0.6 is 29.7 Å². The Hall–Kier alpha value is -0.250.